The van der Waals surface area contributed by atoms with E-state index in [1.54, 1.807) is 18.6 Å². The number of hydrogen-bond donors (Lipinski definition) is 1. The number of rotatable bonds is 6. The van der Waals surface area contributed by atoms with Crippen molar-refractivity contribution >= 4 is 11.8 Å². The number of amides is 2. The maximum atomic E-state index is 12.4. The standard InChI is InChI=1S/C18H22N4O2/c1-14(11-21-9-7-19-13-21)20-18(24)16-5-2-4-15(10-16)12-22-8-3-6-17(22)23/h2,4-5,7,9-10,13-14H,3,6,8,11-12H2,1H3,(H,20,24)/t14-/m1/s1. The van der Waals surface area contributed by atoms with E-state index >= 15 is 0 Å². The van der Waals surface area contributed by atoms with Crippen molar-refractivity contribution in [1.82, 2.24) is 19.8 Å². The number of carbonyl (C=O) groups is 2. The predicted molar refractivity (Wildman–Crippen MR) is 90.2 cm³/mol. The Morgan fingerprint density at radius 1 is 1.42 bits per heavy atom. The first kappa shape index (κ1) is 16.2. The summed E-state index contributed by atoms with van der Waals surface area (Å²) in [5, 5.41) is 3.00. The molecule has 126 valence electrons. The lowest BCUT2D eigenvalue weighted by Crippen LogP contribution is -2.35. The van der Waals surface area contributed by atoms with Crippen molar-refractivity contribution in [3.8, 4) is 0 Å². The summed E-state index contributed by atoms with van der Waals surface area (Å²) in [5.41, 5.74) is 1.61. The van der Waals surface area contributed by atoms with E-state index in [1.165, 1.54) is 0 Å². The molecule has 1 aromatic heterocycles. The fourth-order valence-electron chi connectivity index (χ4n) is 2.97. The Morgan fingerprint density at radius 2 is 2.29 bits per heavy atom. The van der Waals surface area contributed by atoms with E-state index in [0.717, 1.165) is 18.5 Å². The molecular weight excluding hydrogens is 304 g/mol. The van der Waals surface area contributed by atoms with Crippen molar-refractivity contribution in [2.75, 3.05) is 6.54 Å². The summed E-state index contributed by atoms with van der Waals surface area (Å²) in [4.78, 5) is 30.0. The Kier molecular flexibility index (Phi) is 4.93. The molecule has 6 nitrogen and oxygen atoms in total. The van der Waals surface area contributed by atoms with Crippen LogP contribution < -0.4 is 5.32 Å². The Balaban J connectivity index is 1.60. The van der Waals surface area contributed by atoms with Crippen LogP contribution in [0, 0.1) is 0 Å². The molecule has 1 atom stereocenters. The van der Waals surface area contributed by atoms with Crippen LogP contribution in [-0.2, 0) is 17.9 Å². The zero-order chi connectivity index (χ0) is 16.9. The number of nitrogens with one attached hydrogen (secondary N) is 1. The van der Waals surface area contributed by atoms with Gasteiger partial charge in [0, 0.05) is 50.1 Å². The van der Waals surface area contributed by atoms with Crippen LogP contribution in [0.1, 0.15) is 35.7 Å². The highest BCUT2D eigenvalue weighted by Gasteiger charge is 2.20. The molecule has 3 rings (SSSR count). The van der Waals surface area contributed by atoms with Gasteiger partial charge in [0.1, 0.15) is 0 Å². The highest BCUT2D eigenvalue weighted by Crippen LogP contribution is 2.15. The van der Waals surface area contributed by atoms with Gasteiger partial charge in [-0.15, -0.1) is 0 Å². The van der Waals surface area contributed by atoms with Crippen LogP contribution in [0.5, 0.6) is 0 Å². The molecule has 6 heteroatoms. The van der Waals surface area contributed by atoms with Crippen LogP contribution in [0.2, 0.25) is 0 Å². The number of likely N-dealkylation sites (tertiary alicyclic amines) is 1. The molecule has 2 aromatic rings. The molecule has 0 saturated carbocycles. The Morgan fingerprint density at radius 3 is 3.00 bits per heavy atom. The van der Waals surface area contributed by atoms with Gasteiger partial charge in [-0.05, 0) is 31.0 Å². The van der Waals surface area contributed by atoms with Gasteiger partial charge in [-0.3, -0.25) is 9.59 Å². The second-order valence-electron chi connectivity index (χ2n) is 6.25. The van der Waals surface area contributed by atoms with Gasteiger partial charge in [0.05, 0.1) is 6.33 Å². The Hall–Kier alpha value is -2.63. The molecule has 0 unspecified atom stereocenters. The third-order valence-electron chi connectivity index (χ3n) is 4.16. The monoisotopic (exact) mass is 326 g/mol. The lowest BCUT2D eigenvalue weighted by molar-refractivity contribution is -0.128. The summed E-state index contributed by atoms with van der Waals surface area (Å²) in [7, 11) is 0. The predicted octanol–water partition coefficient (Wildman–Crippen LogP) is 1.82. The van der Waals surface area contributed by atoms with E-state index in [9.17, 15) is 9.59 Å². The molecular formula is C18H22N4O2. The zero-order valence-electron chi connectivity index (χ0n) is 13.8. The smallest absolute Gasteiger partial charge is 0.251 e. The third kappa shape index (κ3) is 4.01. The number of aromatic nitrogens is 2. The largest absolute Gasteiger partial charge is 0.348 e. The summed E-state index contributed by atoms with van der Waals surface area (Å²) in [6, 6.07) is 7.48. The highest BCUT2D eigenvalue weighted by molar-refractivity contribution is 5.94. The van der Waals surface area contributed by atoms with E-state index in [-0.39, 0.29) is 17.9 Å². The average molecular weight is 326 g/mol. The third-order valence-corrected chi connectivity index (χ3v) is 4.16. The first-order valence-electron chi connectivity index (χ1n) is 8.25. The lowest BCUT2D eigenvalue weighted by atomic mass is 10.1. The minimum atomic E-state index is -0.0998. The van der Waals surface area contributed by atoms with Crippen molar-refractivity contribution < 1.29 is 9.59 Å². The van der Waals surface area contributed by atoms with Gasteiger partial charge >= 0.3 is 0 Å². The molecule has 24 heavy (non-hydrogen) atoms. The average Bonchev–Trinajstić information content (AvgIpc) is 3.20. The van der Waals surface area contributed by atoms with Gasteiger partial charge in [-0.1, -0.05) is 12.1 Å². The van der Waals surface area contributed by atoms with Gasteiger partial charge in [0.2, 0.25) is 5.91 Å². The van der Waals surface area contributed by atoms with Crippen LogP contribution in [0.3, 0.4) is 0 Å². The molecule has 0 radical (unpaired) electrons. The zero-order valence-corrected chi connectivity index (χ0v) is 13.8. The summed E-state index contributed by atoms with van der Waals surface area (Å²) in [6.45, 7) is 4.01. The summed E-state index contributed by atoms with van der Waals surface area (Å²) in [6.07, 6.45) is 6.88. The van der Waals surface area contributed by atoms with Crippen LogP contribution in [-0.4, -0.2) is 38.9 Å². The molecule has 1 aliphatic heterocycles. The van der Waals surface area contributed by atoms with Gasteiger partial charge in [-0.25, -0.2) is 4.98 Å². The van der Waals surface area contributed by atoms with E-state index in [1.807, 2.05) is 40.8 Å². The maximum Gasteiger partial charge on any atom is 0.251 e. The van der Waals surface area contributed by atoms with Crippen molar-refractivity contribution in [3.63, 3.8) is 0 Å². The fraction of sp³-hybridized carbons (Fsp3) is 0.389. The van der Waals surface area contributed by atoms with Crippen molar-refractivity contribution in [3.05, 3.63) is 54.1 Å². The topological polar surface area (TPSA) is 67.2 Å². The lowest BCUT2D eigenvalue weighted by Gasteiger charge is -2.17. The first-order valence-corrected chi connectivity index (χ1v) is 8.25. The molecule has 1 aliphatic rings. The second kappa shape index (κ2) is 7.29. The molecule has 1 aromatic carbocycles. The van der Waals surface area contributed by atoms with Gasteiger partial charge < -0.3 is 14.8 Å². The van der Waals surface area contributed by atoms with E-state index in [2.05, 4.69) is 10.3 Å². The van der Waals surface area contributed by atoms with E-state index in [4.69, 9.17) is 0 Å². The first-order chi connectivity index (χ1) is 11.6. The molecule has 0 bridgehead atoms. The molecule has 0 aliphatic carbocycles. The van der Waals surface area contributed by atoms with E-state index < -0.39 is 0 Å². The van der Waals surface area contributed by atoms with Crippen LogP contribution in [0.15, 0.2) is 43.0 Å². The van der Waals surface area contributed by atoms with Crippen LogP contribution in [0.4, 0.5) is 0 Å². The number of imidazole rings is 1. The second-order valence-corrected chi connectivity index (χ2v) is 6.25. The van der Waals surface area contributed by atoms with Crippen molar-refractivity contribution in [1.29, 1.82) is 0 Å². The molecule has 0 spiro atoms. The van der Waals surface area contributed by atoms with Crippen LogP contribution >= 0.6 is 0 Å². The Bertz CT molecular complexity index is 712. The van der Waals surface area contributed by atoms with E-state index in [0.29, 0.717) is 25.1 Å². The van der Waals surface area contributed by atoms with Gasteiger partial charge in [-0.2, -0.15) is 0 Å². The Labute approximate surface area is 141 Å². The number of benzene rings is 1. The van der Waals surface area contributed by atoms with Crippen molar-refractivity contribution in [2.24, 2.45) is 0 Å². The molecule has 2 amide bonds. The summed E-state index contributed by atoms with van der Waals surface area (Å²) < 4.78 is 1.93. The molecule has 1 fully saturated rings. The normalized spacial score (nSPS) is 15.5. The van der Waals surface area contributed by atoms with Crippen molar-refractivity contribution in [2.45, 2.75) is 38.9 Å². The van der Waals surface area contributed by atoms with Gasteiger partial charge in [0.15, 0.2) is 0 Å². The fourth-order valence-corrected chi connectivity index (χ4v) is 2.97. The molecule has 1 N–H and O–H groups in total. The quantitative estimate of drug-likeness (QED) is 0.880. The molecule has 2 heterocycles. The number of nitrogens with zero attached hydrogens (tertiary/aromatic N) is 3. The number of carbonyl (C=O) groups excluding carboxylic acids is 2. The van der Waals surface area contributed by atoms with Gasteiger partial charge in [0.25, 0.3) is 5.91 Å². The minimum Gasteiger partial charge on any atom is -0.348 e. The summed E-state index contributed by atoms with van der Waals surface area (Å²) >= 11 is 0. The van der Waals surface area contributed by atoms with Crippen LogP contribution in [0.25, 0.3) is 0 Å². The molecule has 1 saturated heterocycles. The minimum absolute atomic E-state index is 0.00415. The maximum absolute atomic E-state index is 12.4. The number of hydrogen-bond acceptors (Lipinski definition) is 3. The highest BCUT2D eigenvalue weighted by atomic mass is 16.2. The SMILES string of the molecule is C[C@H](Cn1ccnc1)NC(=O)c1cccc(CN2CCCC2=O)c1. The summed E-state index contributed by atoms with van der Waals surface area (Å²) in [5.74, 6) is 0.0935.